The van der Waals surface area contributed by atoms with Crippen molar-refractivity contribution in [2.45, 2.75) is 81.9 Å². The van der Waals surface area contributed by atoms with Crippen LogP contribution in [0.1, 0.15) is 45.4 Å². The van der Waals surface area contributed by atoms with Crippen LogP contribution in [0.3, 0.4) is 0 Å². The van der Waals surface area contributed by atoms with Gasteiger partial charge in [0.1, 0.15) is 0 Å². The summed E-state index contributed by atoms with van der Waals surface area (Å²) >= 11 is 0. The first-order chi connectivity index (χ1) is 10.7. The van der Waals surface area contributed by atoms with Gasteiger partial charge in [0.2, 0.25) is 0 Å². The highest BCUT2D eigenvalue weighted by molar-refractivity contribution is 7.59. The van der Waals surface area contributed by atoms with Gasteiger partial charge in [0.05, 0.1) is 37.1 Å². The second-order valence-corrected chi connectivity index (χ2v) is 6.59. The number of carbonyl (C=O) groups excluding carboxylic acids is 1. The van der Waals surface area contributed by atoms with Gasteiger partial charge in [-0.25, -0.2) is 4.79 Å². The van der Waals surface area contributed by atoms with Crippen LogP contribution >= 0.6 is 27.0 Å². The lowest BCUT2D eigenvalue weighted by Crippen LogP contribution is -2.41. The molecule has 4 aliphatic heterocycles. The summed E-state index contributed by atoms with van der Waals surface area (Å²) in [6.45, 7) is 2.23. The monoisotopic (exact) mass is 380 g/mol. The molecule has 0 spiro atoms. The lowest BCUT2D eigenvalue weighted by Gasteiger charge is -2.19. The molecule has 0 aromatic rings. The minimum Gasteiger partial charge on any atom is -0.450 e. The molecule has 4 aliphatic rings. The molecule has 0 radical (unpaired) electrons. The van der Waals surface area contributed by atoms with Gasteiger partial charge in [-0.3, -0.25) is 0 Å². The first-order valence-electron chi connectivity index (χ1n) is 8.61. The summed E-state index contributed by atoms with van der Waals surface area (Å²) in [4.78, 5) is 11.1. The molecule has 1 amide bonds. The Hall–Kier alpha value is -0.150. The van der Waals surface area contributed by atoms with Crippen molar-refractivity contribution < 1.29 is 19.0 Å². The van der Waals surface area contributed by atoms with Crippen molar-refractivity contribution in [2.24, 2.45) is 0 Å². The highest BCUT2D eigenvalue weighted by atomic mass is 32.1. The van der Waals surface area contributed by atoms with E-state index in [0.717, 1.165) is 19.3 Å². The Balaban J connectivity index is 0.000000233. The predicted molar refractivity (Wildman–Crippen MR) is 103 cm³/mol. The third-order valence-electron chi connectivity index (χ3n) is 5.16. The standard InChI is InChI=1S/C9H15NO3.C7H13NO.2H2S/c1-2-12-9(11)10-7-5-6-3-4-8(7)13-6;1-8-6-4-5-2-3-7(6)9-5;;/h6-8H,2-5H2,1H3,(H,10,11);5-8H,2-4H2,1H3;2*1H2/t6-,7-,8+;5-,6-,7+;;/m00../s1. The Morgan fingerprint density at radius 1 is 1.00 bits per heavy atom. The van der Waals surface area contributed by atoms with Gasteiger partial charge in [-0.1, -0.05) is 0 Å². The maximum atomic E-state index is 11.1. The van der Waals surface area contributed by atoms with Crippen LogP contribution < -0.4 is 10.6 Å². The van der Waals surface area contributed by atoms with Gasteiger partial charge < -0.3 is 24.8 Å². The van der Waals surface area contributed by atoms with E-state index in [2.05, 4.69) is 10.6 Å². The van der Waals surface area contributed by atoms with Crippen molar-refractivity contribution in [1.82, 2.24) is 10.6 Å². The van der Waals surface area contributed by atoms with Crippen LogP contribution in [0.15, 0.2) is 0 Å². The van der Waals surface area contributed by atoms with Crippen molar-refractivity contribution in [3.63, 3.8) is 0 Å². The van der Waals surface area contributed by atoms with Crippen LogP contribution in [0.5, 0.6) is 0 Å². The Morgan fingerprint density at radius 3 is 1.88 bits per heavy atom. The van der Waals surface area contributed by atoms with Crippen molar-refractivity contribution in [3.8, 4) is 0 Å². The number of likely N-dealkylation sites (N-methyl/N-ethyl adjacent to an activating group) is 1. The molecule has 0 aromatic carbocycles. The van der Waals surface area contributed by atoms with Crippen molar-refractivity contribution in [3.05, 3.63) is 0 Å². The largest absolute Gasteiger partial charge is 0.450 e. The highest BCUT2D eigenvalue weighted by Crippen LogP contribution is 2.34. The molecule has 8 heteroatoms. The highest BCUT2D eigenvalue weighted by Gasteiger charge is 2.41. The molecule has 2 N–H and O–H groups in total. The summed E-state index contributed by atoms with van der Waals surface area (Å²) in [5, 5.41) is 6.10. The first-order valence-corrected chi connectivity index (χ1v) is 8.61. The molecule has 0 aromatic heterocycles. The Labute approximate surface area is 158 Å². The first kappa shape index (κ1) is 21.9. The van der Waals surface area contributed by atoms with Crippen molar-refractivity contribution in [1.29, 1.82) is 0 Å². The Bertz CT molecular complexity index is 402. The van der Waals surface area contributed by atoms with Gasteiger partial charge in [0.25, 0.3) is 0 Å². The summed E-state index contributed by atoms with van der Waals surface area (Å²) in [5.41, 5.74) is 0. The van der Waals surface area contributed by atoms with Gasteiger partial charge in [0.15, 0.2) is 0 Å². The molecule has 6 nitrogen and oxygen atoms in total. The fourth-order valence-corrected chi connectivity index (χ4v) is 4.06. The van der Waals surface area contributed by atoms with Gasteiger partial charge >= 0.3 is 6.09 Å². The number of ether oxygens (including phenoxy) is 3. The van der Waals surface area contributed by atoms with Crippen LogP contribution in [0.4, 0.5) is 4.79 Å². The molecule has 4 rings (SSSR count). The number of hydrogen-bond donors (Lipinski definition) is 2. The molecule has 0 aliphatic carbocycles. The van der Waals surface area contributed by atoms with Crippen LogP contribution in [0.2, 0.25) is 0 Å². The number of nitrogens with one attached hydrogen (secondary N) is 2. The zero-order valence-corrected chi connectivity index (χ0v) is 16.5. The number of carbonyl (C=O) groups is 1. The zero-order valence-electron chi connectivity index (χ0n) is 14.5. The third kappa shape index (κ3) is 5.17. The molecule has 0 unspecified atom stereocenters. The van der Waals surface area contributed by atoms with Gasteiger partial charge in [-0.2, -0.15) is 27.0 Å². The van der Waals surface area contributed by atoms with E-state index in [1.807, 2.05) is 7.05 Å². The summed E-state index contributed by atoms with van der Waals surface area (Å²) in [5.74, 6) is 0. The summed E-state index contributed by atoms with van der Waals surface area (Å²) in [6, 6.07) is 0.835. The Morgan fingerprint density at radius 2 is 1.54 bits per heavy atom. The average molecular weight is 381 g/mol. The van der Waals surface area contributed by atoms with E-state index in [-0.39, 0.29) is 45.2 Å². The fourth-order valence-electron chi connectivity index (χ4n) is 4.06. The van der Waals surface area contributed by atoms with Crippen molar-refractivity contribution >= 4 is 33.1 Å². The molecular weight excluding hydrogens is 348 g/mol. The lowest BCUT2D eigenvalue weighted by molar-refractivity contribution is 0.0940. The number of hydrogen-bond acceptors (Lipinski definition) is 5. The number of alkyl carbamates (subject to hydrolysis) is 1. The number of amides is 1. The second kappa shape index (κ2) is 10.1. The predicted octanol–water partition coefficient (Wildman–Crippen LogP) is 1.80. The van der Waals surface area contributed by atoms with E-state index in [1.54, 1.807) is 6.92 Å². The quantitative estimate of drug-likeness (QED) is 0.781. The van der Waals surface area contributed by atoms with E-state index < -0.39 is 0 Å². The molecule has 24 heavy (non-hydrogen) atoms. The summed E-state index contributed by atoms with van der Waals surface area (Å²) < 4.78 is 16.0. The van der Waals surface area contributed by atoms with E-state index in [9.17, 15) is 4.79 Å². The molecule has 142 valence electrons. The van der Waals surface area contributed by atoms with E-state index >= 15 is 0 Å². The van der Waals surface area contributed by atoms with Crippen LogP contribution in [0.25, 0.3) is 0 Å². The number of rotatable bonds is 3. The SMILES string of the molecule is CCOC(=O)N[C@H]1C[C@@H]2CC[C@H]1O2.CN[C@H]1C[C@@H]2CC[C@H]1O2.S.S. The maximum Gasteiger partial charge on any atom is 0.407 e. The molecule has 4 fully saturated rings. The molecule has 4 saturated heterocycles. The van der Waals surface area contributed by atoms with Gasteiger partial charge in [-0.15, -0.1) is 0 Å². The van der Waals surface area contributed by atoms with Crippen LogP contribution in [-0.4, -0.2) is 56.2 Å². The topological polar surface area (TPSA) is 68.8 Å². The van der Waals surface area contributed by atoms with Crippen molar-refractivity contribution in [2.75, 3.05) is 13.7 Å². The molecule has 0 saturated carbocycles. The molecule has 4 bridgehead atoms. The van der Waals surface area contributed by atoms with Gasteiger partial charge in [0, 0.05) is 6.04 Å². The van der Waals surface area contributed by atoms with E-state index in [1.165, 1.54) is 19.3 Å². The molecular formula is C16H32N2O4S2. The normalized spacial score (nSPS) is 37.8. The third-order valence-corrected chi connectivity index (χ3v) is 5.16. The number of fused-ring (bicyclic) bond motifs is 4. The summed E-state index contributed by atoms with van der Waals surface area (Å²) in [6.07, 6.45) is 8.39. The molecule has 6 atom stereocenters. The maximum absolute atomic E-state index is 11.1. The summed E-state index contributed by atoms with van der Waals surface area (Å²) in [7, 11) is 2.02. The Kier molecular flexibility index (Phi) is 9.22. The zero-order chi connectivity index (χ0) is 15.5. The lowest BCUT2D eigenvalue weighted by atomic mass is 9.96. The molecule has 4 heterocycles. The van der Waals surface area contributed by atoms with E-state index in [0.29, 0.717) is 31.0 Å². The second-order valence-electron chi connectivity index (χ2n) is 6.59. The average Bonchev–Trinajstić information content (AvgIpc) is 3.28. The smallest absolute Gasteiger partial charge is 0.407 e. The van der Waals surface area contributed by atoms with Crippen LogP contribution in [0, 0.1) is 0 Å². The van der Waals surface area contributed by atoms with Gasteiger partial charge in [-0.05, 0) is 52.5 Å². The van der Waals surface area contributed by atoms with E-state index in [4.69, 9.17) is 14.2 Å². The fraction of sp³-hybridized carbons (Fsp3) is 0.938. The minimum atomic E-state index is -0.316. The van der Waals surface area contributed by atoms with Crippen LogP contribution in [-0.2, 0) is 14.2 Å². The minimum absolute atomic E-state index is 0.